The number of hydrogen-bond acceptors (Lipinski definition) is 2. The minimum atomic E-state index is -0.000134. The number of urea groups is 1. The Labute approximate surface area is 163 Å². The van der Waals surface area contributed by atoms with Crippen molar-refractivity contribution in [3.63, 3.8) is 0 Å². The number of amides is 2. The maximum atomic E-state index is 12.7. The Bertz CT molecular complexity index is 1140. The van der Waals surface area contributed by atoms with Crippen molar-refractivity contribution in [2.75, 3.05) is 13.1 Å². The van der Waals surface area contributed by atoms with Crippen molar-refractivity contribution in [2.24, 2.45) is 0 Å². The second-order valence-electron chi connectivity index (χ2n) is 7.33. The molecule has 3 aromatic carbocycles. The predicted molar refractivity (Wildman–Crippen MR) is 111 cm³/mol. The molecule has 0 aliphatic carbocycles. The summed E-state index contributed by atoms with van der Waals surface area (Å²) < 4.78 is 2.20. The monoisotopic (exact) mass is 370 g/mol. The lowest BCUT2D eigenvalue weighted by Gasteiger charge is -2.18. The van der Waals surface area contributed by atoms with E-state index in [4.69, 9.17) is 0 Å². The van der Waals surface area contributed by atoms with E-state index in [0.717, 1.165) is 29.6 Å². The van der Waals surface area contributed by atoms with Gasteiger partial charge in [0.05, 0.1) is 23.4 Å². The van der Waals surface area contributed by atoms with Crippen molar-refractivity contribution in [3.8, 4) is 0 Å². The highest BCUT2D eigenvalue weighted by atomic mass is 16.2. The third kappa shape index (κ3) is 2.99. The van der Waals surface area contributed by atoms with Crippen LogP contribution in [0.25, 0.3) is 21.8 Å². The number of nitrogens with zero attached hydrogens (tertiary/aromatic N) is 3. The molecule has 0 spiro atoms. The Kier molecular flexibility index (Phi) is 4.20. The summed E-state index contributed by atoms with van der Waals surface area (Å²) in [6, 6.07) is 22.9. The van der Waals surface area contributed by atoms with Crippen LogP contribution < -0.4 is 5.32 Å². The van der Waals surface area contributed by atoms with Gasteiger partial charge in [0.25, 0.3) is 0 Å². The molecule has 5 rings (SSSR count). The lowest BCUT2D eigenvalue weighted by Crippen LogP contribution is -2.38. The standard InChI is InChI=1S/C23H22N4O/c28-23(24-14-18-8-5-7-17-6-1-2-9-20(17)18)26-13-12-19(15-26)27-16-25-21-10-3-4-11-22(21)27/h1-11,16,19H,12-15H2,(H,24,28). The summed E-state index contributed by atoms with van der Waals surface area (Å²) in [5.74, 6) is 0. The van der Waals surface area contributed by atoms with Crippen molar-refractivity contribution < 1.29 is 4.79 Å². The van der Waals surface area contributed by atoms with Crippen molar-refractivity contribution >= 4 is 27.8 Å². The Morgan fingerprint density at radius 3 is 2.82 bits per heavy atom. The van der Waals surface area contributed by atoms with Gasteiger partial charge in [-0.1, -0.05) is 54.6 Å². The first-order valence-corrected chi connectivity index (χ1v) is 9.70. The van der Waals surface area contributed by atoms with E-state index in [2.05, 4.69) is 45.2 Å². The first-order valence-electron chi connectivity index (χ1n) is 9.70. The molecule has 0 saturated carbocycles. The van der Waals surface area contributed by atoms with Crippen LogP contribution in [0.15, 0.2) is 73.1 Å². The van der Waals surface area contributed by atoms with Gasteiger partial charge in [0.15, 0.2) is 0 Å². The van der Waals surface area contributed by atoms with E-state index in [1.165, 1.54) is 10.8 Å². The minimum Gasteiger partial charge on any atom is -0.334 e. The molecule has 2 heterocycles. The van der Waals surface area contributed by atoms with Gasteiger partial charge in [-0.15, -0.1) is 0 Å². The van der Waals surface area contributed by atoms with Crippen LogP contribution >= 0.6 is 0 Å². The van der Waals surface area contributed by atoms with Crippen molar-refractivity contribution in [3.05, 3.63) is 78.6 Å². The van der Waals surface area contributed by atoms with E-state index in [9.17, 15) is 4.79 Å². The Hall–Kier alpha value is -3.34. The highest BCUT2D eigenvalue weighted by Gasteiger charge is 2.28. The van der Waals surface area contributed by atoms with E-state index in [-0.39, 0.29) is 12.1 Å². The summed E-state index contributed by atoms with van der Waals surface area (Å²) >= 11 is 0. The largest absolute Gasteiger partial charge is 0.334 e. The molecule has 1 aliphatic rings. The number of benzene rings is 3. The molecule has 1 aliphatic heterocycles. The van der Waals surface area contributed by atoms with E-state index < -0.39 is 0 Å². The molecule has 1 atom stereocenters. The predicted octanol–water partition coefficient (Wildman–Crippen LogP) is 4.35. The Balaban J connectivity index is 1.27. The van der Waals surface area contributed by atoms with Crippen LogP contribution in [0.4, 0.5) is 4.79 Å². The molecule has 28 heavy (non-hydrogen) atoms. The molecule has 1 unspecified atom stereocenters. The summed E-state index contributed by atoms with van der Waals surface area (Å²) in [6.45, 7) is 2.01. The first kappa shape index (κ1) is 16.8. The topological polar surface area (TPSA) is 50.2 Å². The number of imidazole rings is 1. The number of fused-ring (bicyclic) bond motifs is 2. The smallest absolute Gasteiger partial charge is 0.317 e. The Morgan fingerprint density at radius 2 is 1.86 bits per heavy atom. The number of para-hydroxylation sites is 2. The average molecular weight is 370 g/mol. The van der Waals surface area contributed by atoms with E-state index in [1.807, 2.05) is 47.6 Å². The highest BCUT2D eigenvalue weighted by Crippen LogP contribution is 2.26. The molecule has 2 amide bonds. The molecular formula is C23H22N4O. The van der Waals surface area contributed by atoms with Crippen molar-refractivity contribution in [1.82, 2.24) is 19.8 Å². The zero-order valence-corrected chi connectivity index (χ0v) is 15.6. The fraction of sp³-hybridized carbons (Fsp3) is 0.217. The molecule has 0 bridgehead atoms. The van der Waals surface area contributed by atoms with Gasteiger partial charge in [0.1, 0.15) is 0 Å². The minimum absolute atomic E-state index is 0.000134. The van der Waals surface area contributed by atoms with Crippen molar-refractivity contribution in [1.29, 1.82) is 0 Å². The normalized spacial score (nSPS) is 16.7. The fourth-order valence-corrected chi connectivity index (χ4v) is 4.15. The molecule has 1 fully saturated rings. The van der Waals surface area contributed by atoms with Gasteiger partial charge in [0.2, 0.25) is 0 Å². The summed E-state index contributed by atoms with van der Waals surface area (Å²) in [5, 5.41) is 5.48. The van der Waals surface area contributed by atoms with E-state index in [0.29, 0.717) is 13.1 Å². The van der Waals surface area contributed by atoms with Crippen LogP contribution in [-0.2, 0) is 6.54 Å². The molecule has 4 aromatic rings. The molecule has 5 nitrogen and oxygen atoms in total. The van der Waals surface area contributed by atoms with Gasteiger partial charge in [-0.2, -0.15) is 0 Å². The van der Waals surface area contributed by atoms with Gasteiger partial charge < -0.3 is 14.8 Å². The molecule has 140 valence electrons. The molecule has 1 aromatic heterocycles. The zero-order valence-electron chi connectivity index (χ0n) is 15.6. The maximum absolute atomic E-state index is 12.7. The number of rotatable bonds is 3. The number of nitrogens with one attached hydrogen (secondary N) is 1. The molecular weight excluding hydrogens is 348 g/mol. The Morgan fingerprint density at radius 1 is 1.04 bits per heavy atom. The second-order valence-corrected chi connectivity index (χ2v) is 7.33. The average Bonchev–Trinajstić information content (AvgIpc) is 3.39. The van der Waals surface area contributed by atoms with Crippen LogP contribution in [0.3, 0.4) is 0 Å². The van der Waals surface area contributed by atoms with Gasteiger partial charge in [-0.05, 0) is 34.9 Å². The van der Waals surface area contributed by atoms with Gasteiger partial charge in [0, 0.05) is 19.6 Å². The third-order valence-corrected chi connectivity index (χ3v) is 5.64. The molecule has 0 radical (unpaired) electrons. The van der Waals surface area contributed by atoms with E-state index >= 15 is 0 Å². The van der Waals surface area contributed by atoms with Crippen molar-refractivity contribution in [2.45, 2.75) is 19.0 Å². The number of aromatic nitrogens is 2. The van der Waals surface area contributed by atoms with E-state index in [1.54, 1.807) is 0 Å². The summed E-state index contributed by atoms with van der Waals surface area (Å²) in [5.41, 5.74) is 3.27. The van der Waals surface area contributed by atoms with Gasteiger partial charge in [-0.25, -0.2) is 9.78 Å². The quantitative estimate of drug-likeness (QED) is 0.583. The maximum Gasteiger partial charge on any atom is 0.317 e. The lowest BCUT2D eigenvalue weighted by atomic mass is 10.0. The van der Waals surface area contributed by atoms with Crippen LogP contribution in [-0.4, -0.2) is 33.6 Å². The van der Waals surface area contributed by atoms with Gasteiger partial charge >= 0.3 is 6.03 Å². The van der Waals surface area contributed by atoms with Crippen LogP contribution in [0.5, 0.6) is 0 Å². The highest BCUT2D eigenvalue weighted by molar-refractivity contribution is 5.86. The summed E-state index contributed by atoms with van der Waals surface area (Å²) in [6.07, 6.45) is 2.84. The number of carbonyl (C=O) groups excluding carboxylic acids is 1. The third-order valence-electron chi connectivity index (χ3n) is 5.64. The summed E-state index contributed by atoms with van der Waals surface area (Å²) in [7, 11) is 0. The second kappa shape index (κ2) is 7.00. The molecule has 1 N–H and O–H groups in total. The lowest BCUT2D eigenvalue weighted by molar-refractivity contribution is 0.207. The number of hydrogen-bond donors (Lipinski definition) is 1. The van der Waals surface area contributed by atoms with Gasteiger partial charge in [-0.3, -0.25) is 0 Å². The number of likely N-dealkylation sites (tertiary alicyclic amines) is 1. The summed E-state index contributed by atoms with van der Waals surface area (Å²) in [4.78, 5) is 19.1. The molecule has 5 heteroatoms. The van der Waals surface area contributed by atoms with Crippen LogP contribution in [0.1, 0.15) is 18.0 Å². The fourth-order valence-electron chi connectivity index (χ4n) is 4.15. The number of carbonyl (C=O) groups is 1. The zero-order chi connectivity index (χ0) is 18.9. The SMILES string of the molecule is O=C(NCc1cccc2ccccc12)N1CCC(n2cnc3ccccc32)C1. The van der Waals surface area contributed by atoms with Crippen LogP contribution in [0, 0.1) is 0 Å². The first-order chi connectivity index (χ1) is 13.8. The van der Waals surface area contributed by atoms with Crippen LogP contribution in [0.2, 0.25) is 0 Å². The molecule has 1 saturated heterocycles.